The van der Waals surface area contributed by atoms with E-state index in [4.69, 9.17) is 4.74 Å². The molecule has 0 fully saturated rings. The third-order valence-corrected chi connectivity index (χ3v) is 2.71. The standard InChI is InChI=1S/C15H20FNO5/c1-15(2,3)22-14(21)17-7-12(19)13(20)9-4-5-11(16)10(6-9)8-18/h4-6,8,12-13,19-20H,7H2,1-3H3,(H,17,21). The molecule has 0 aliphatic rings. The molecule has 0 bridgehead atoms. The molecule has 22 heavy (non-hydrogen) atoms. The molecule has 0 saturated heterocycles. The van der Waals surface area contributed by atoms with Crippen LogP contribution in [0.5, 0.6) is 0 Å². The number of benzene rings is 1. The van der Waals surface area contributed by atoms with E-state index in [1.54, 1.807) is 20.8 Å². The summed E-state index contributed by atoms with van der Waals surface area (Å²) in [4.78, 5) is 22.1. The van der Waals surface area contributed by atoms with E-state index >= 15 is 0 Å². The maximum absolute atomic E-state index is 13.2. The average molecular weight is 313 g/mol. The molecule has 2 atom stereocenters. The van der Waals surface area contributed by atoms with Crippen LogP contribution in [-0.2, 0) is 4.74 Å². The van der Waals surface area contributed by atoms with Crippen LogP contribution in [0.1, 0.15) is 42.8 Å². The van der Waals surface area contributed by atoms with Gasteiger partial charge >= 0.3 is 6.09 Å². The van der Waals surface area contributed by atoms with Gasteiger partial charge < -0.3 is 20.3 Å². The Morgan fingerprint density at radius 3 is 2.59 bits per heavy atom. The highest BCUT2D eigenvalue weighted by Gasteiger charge is 2.22. The van der Waals surface area contributed by atoms with Gasteiger partial charge in [0.1, 0.15) is 23.6 Å². The first-order valence-corrected chi connectivity index (χ1v) is 6.71. The SMILES string of the molecule is CC(C)(C)OC(=O)NCC(O)C(O)c1ccc(F)c(C=O)c1. The Morgan fingerprint density at radius 1 is 1.41 bits per heavy atom. The molecule has 0 heterocycles. The van der Waals surface area contributed by atoms with E-state index in [9.17, 15) is 24.2 Å². The van der Waals surface area contributed by atoms with Gasteiger partial charge in [0, 0.05) is 6.54 Å². The van der Waals surface area contributed by atoms with Gasteiger partial charge in [-0.2, -0.15) is 0 Å². The first-order valence-electron chi connectivity index (χ1n) is 6.71. The Hall–Kier alpha value is -1.99. The molecule has 1 rings (SSSR count). The number of aliphatic hydroxyl groups excluding tert-OH is 2. The van der Waals surface area contributed by atoms with Crippen LogP contribution in [0.4, 0.5) is 9.18 Å². The maximum Gasteiger partial charge on any atom is 0.407 e. The van der Waals surface area contributed by atoms with E-state index in [1.165, 1.54) is 6.07 Å². The Bertz CT molecular complexity index is 541. The van der Waals surface area contributed by atoms with Gasteiger partial charge in [0.05, 0.1) is 5.56 Å². The lowest BCUT2D eigenvalue weighted by molar-refractivity contribution is 0.0129. The predicted molar refractivity (Wildman–Crippen MR) is 77.0 cm³/mol. The molecule has 0 radical (unpaired) electrons. The molecule has 7 heteroatoms. The van der Waals surface area contributed by atoms with E-state index in [-0.39, 0.29) is 17.7 Å². The van der Waals surface area contributed by atoms with E-state index in [0.29, 0.717) is 6.29 Å². The predicted octanol–water partition coefficient (Wildman–Crippen LogP) is 1.56. The first-order chi connectivity index (χ1) is 10.1. The summed E-state index contributed by atoms with van der Waals surface area (Å²) in [7, 11) is 0. The summed E-state index contributed by atoms with van der Waals surface area (Å²) >= 11 is 0. The van der Waals surface area contributed by atoms with Crippen molar-refractivity contribution in [3.8, 4) is 0 Å². The lowest BCUT2D eigenvalue weighted by Crippen LogP contribution is -2.38. The number of hydrogen-bond donors (Lipinski definition) is 3. The molecule has 0 aliphatic carbocycles. The Balaban J connectivity index is 2.63. The van der Waals surface area contributed by atoms with Crippen LogP contribution < -0.4 is 5.32 Å². The van der Waals surface area contributed by atoms with Crippen molar-refractivity contribution in [2.45, 2.75) is 38.6 Å². The smallest absolute Gasteiger partial charge is 0.407 e. The van der Waals surface area contributed by atoms with Gasteiger partial charge in [-0.1, -0.05) is 6.07 Å². The van der Waals surface area contributed by atoms with Crippen molar-refractivity contribution in [1.29, 1.82) is 0 Å². The molecule has 122 valence electrons. The number of ether oxygens (including phenoxy) is 1. The van der Waals surface area contributed by atoms with Crippen molar-refractivity contribution in [3.05, 3.63) is 35.1 Å². The van der Waals surface area contributed by atoms with Gasteiger partial charge in [-0.05, 0) is 38.5 Å². The fraction of sp³-hybridized carbons (Fsp3) is 0.467. The van der Waals surface area contributed by atoms with Crippen molar-refractivity contribution in [3.63, 3.8) is 0 Å². The molecule has 0 spiro atoms. The average Bonchev–Trinajstić information content (AvgIpc) is 2.42. The monoisotopic (exact) mass is 313 g/mol. The highest BCUT2D eigenvalue weighted by Crippen LogP contribution is 2.19. The molecule has 1 aromatic carbocycles. The number of carbonyl (C=O) groups is 2. The van der Waals surface area contributed by atoms with Gasteiger partial charge in [0.2, 0.25) is 0 Å². The van der Waals surface area contributed by atoms with Gasteiger partial charge in [-0.3, -0.25) is 4.79 Å². The highest BCUT2D eigenvalue weighted by molar-refractivity contribution is 5.75. The third kappa shape index (κ3) is 5.42. The van der Waals surface area contributed by atoms with E-state index in [1.807, 2.05) is 0 Å². The number of carbonyl (C=O) groups excluding carboxylic acids is 2. The molecule has 6 nitrogen and oxygen atoms in total. The summed E-state index contributed by atoms with van der Waals surface area (Å²) in [5, 5.41) is 22.1. The van der Waals surface area contributed by atoms with Crippen LogP contribution in [0.3, 0.4) is 0 Å². The van der Waals surface area contributed by atoms with Crippen LogP contribution >= 0.6 is 0 Å². The van der Waals surface area contributed by atoms with E-state index in [2.05, 4.69) is 5.32 Å². The number of amides is 1. The quantitative estimate of drug-likeness (QED) is 0.717. The summed E-state index contributed by atoms with van der Waals surface area (Å²) in [5.41, 5.74) is -0.727. The minimum absolute atomic E-state index is 0.169. The van der Waals surface area contributed by atoms with E-state index in [0.717, 1.165) is 12.1 Å². The Morgan fingerprint density at radius 2 is 2.05 bits per heavy atom. The molecule has 1 amide bonds. The van der Waals surface area contributed by atoms with Crippen LogP contribution in [0, 0.1) is 5.82 Å². The molecular weight excluding hydrogens is 293 g/mol. The Kier molecular flexibility index (Phi) is 6.01. The zero-order chi connectivity index (χ0) is 16.9. The Labute approximate surface area is 127 Å². The first kappa shape index (κ1) is 18.1. The zero-order valence-electron chi connectivity index (χ0n) is 12.7. The fourth-order valence-electron chi connectivity index (χ4n) is 1.67. The molecule has 0 saturated carbocycles. The lowest BCUT2D eigenvalue weighted by Gasteiger charge is -2.22. The number of hydrogen-bond acceptors (Lipinski definition) is 5. The second-order valence-corrected chi connectivity index (χ2v) is 5.79. The summed E-state index contributed by atoms with van der Waals surface area (Å²) in [6.45, 7) is 4.82. The largest absolute Gasteiger partial charge is 0.444 e. The molecular formula is C15H20FNO5. The summed E-state index contributed by atoms with van der Waals surface area (Å²) < 4.78 is 18.2. The van der Waals surface area contributed by atoms with Crippen molar-refractivity contribution in [2.24, 2.45) is 0 Å². The number of aliphatic hydroxyl groups is 2. The number of alkyl carbamates (subject to hydrolysis) is 1. The second-order valence-electron chi connectivity index (χ2n) is 5.79. The third-order valence-electron chi connectivity index (χ3n) is 2.71. The van der Waals surface area contributed by atoms with Crippen LogP contribution in [0.25, 0.3) is 0 Å². The molecule has 2 unspecified atom stereocenters. The van der Waals surface area contributed by atoms with Crippen LogP contribution in [0.2, 0.25) is 0 Å². The van der Waals surface area contributed by atoms with Crippen molar-refractivity contribution in [2.75, 3.05) is 6.54 Å². The van der Waals surface area contributed by atoms with Crippen molar-refractivity contribution >= 4 is 12.4 Å². The summed E-state index contributed by atoms with van der Waals surface area (Å²) in [5.74, 6) is -0.715. The zero-order valence-corrected chi connectivity index (χ0v) is 12.7. The summed E-state index contributed by atoms with van der Waals surface area (Å²) in [6.07, 6.45) is -3.13. The van der Waals surface area contributed by atoms with Crippen molar-refractivity contribution in [1.82, 2.24) is 5.32 Å². The van der Waals surface area contributed by atoms with Gasteiger partial charge in [-0.25, -0.2) is 9.18 Å². The van der Waals surface area contributed by atoms with Crippen molar-refractivity contribution < 1.29 is 28.9 Å². The van der Waals surface area contributed by atoms with Crippen LogP contribution in [-0.4, -0.2) is 40.8 Å². The molecule has 3 N–H and O–H groups in total. The molecule has 0 aromatic heterocycles. The lowest BCUT2D eigenvalue weighted by atomic mass is 10.0. The van der Waals surface area contributed by atoms with Gasteiger partial charge in [-0.15, -0.1) is 0 Å². The number of rotatable bonds is 5. The number of aldehydes is 1. The minimum atomic E-state index is -1.38. The number of nitrogens with one attached hydrogen (secondary N) is 1. The molecule has 1 aromatic rings. The fourth-order valence-corrected chi connectivity index (χ4v) is 1.67. The second kappa shape index (κ2) is 7.33. The van der Waals surface area contributed by atoms with E-state index < -0.39 is 29.7 Å². The highest BCUT2D eigenvalue weighted by atomic mass is 19.1. The van der Waals surface area contributed by atoms with Crippen LogP contribution in [0.15, 0.2) is 18.2 Å². The number of halogens is 1. The van der Waals surface area contributed by atoms with Gasteiger partial charge in [0.15, 0.2) is 6.29 Å². The summed E-state index contributed by atoms with van der Waals surface area (Å²) in [6, 6.07) is 3.42. The minimum Gasteiger partial charge on any atom is -0.444 e. The maximum atomic E-state index is 13.2. The normalized spacial score (nSPS) is 14.1. The topological polar surface area (TPSA) is 95.9 Å². The van der Waals surface area contributed by atoms with Gasteiger partial charge in [0.25, 0.3) is 0 Å². The molecule has 0 aliphatic heterocycles.